The van der Waals surface area contributed by atoms with Crippen LogP contribution in [0.25, 0.3) is 10.8 Å². The Balaban J connectivity index is 2.20. The van der Waals surface area contributed by atoms with E-state index in [9.17, 15) is 18.0 Å². The van der Waals surface area contributed by atoms with E-state index >= 15 is 0 Å². The van der Waals surface area contributed by atoms with Gasteiger partial charge in [-0.1, -0.05) is 30.3 Å². The van der Waals surface area contributed by atoms with Crippen LogP contribution in [0.1, 0.15) is 46.2 Å². The molecule has 1 heterocycles. The van der Waals surface area contributed by atoms with Gasteiger partial charge in [0, 0.05) is 11.9 Å². The average molecular weight is 394 g/mol. The molecule has 1 N–H and O–H groups in total. The van der Waals surface area contributed by atoms with Crippen molar-refractivity contribution in [3.05, 3.63) is 42.0 Å². The standard InChI is InChI=1S/C21H25F3N2O2/c1-19(2,3)28-15-11-7-9-13-8-6-10-14(16(13)15)17(21(22,23)24)26-12-20(4,5)18(27)25-26/h6-11,17H,12H2,1-5H3,(H,25,27). The van der Waals surface area contributed by atoms with Crippen molar-refractivity contribution in [2.75, 3.05) is 6.54 Å². The van der Waals surface area contributed by atoms with E-state index in [0.717, 1.165) is 5.01 Å². The molecule has 0 saturated carbocycles. The van der Waals surface area contributed by atoms with Crippen molar-refractivity contribution in [3.63, 3.8) is 0 Å². The second kappa shape index (κ2) is 6.65. The van der Waals surface area contributed by atoms with Crippen molar-refractivity contribution in [3.8, 4) is 5.75 Å². The topological polar surface area (TPSA) is 41.6 Å². The van der Waals surface area contributed by atoms with E-state index in [1.54, 1.807) is 44.2 Å². The van der Waals surface area contributed by atoms with Crippen molar-refractivity contribution in [2.24, 2.45) is 5.41 Å². The maximum atomic E-state index is 14.2. The van der Waals surface area contributed by atoms with E-state index in [-0.39, 0.29) is 12.1 Å². The molecule has 4 nitrogen and oxygen atoms in total. The van der Waals surface area contributed by atoms with E-state index in [1.807, 2.05) is 20.8 Å². The van der Waals surface area contributed by atoms with Crippen LogP contribution in [0.2, 0.25) is 0 Å². The monoisotopic (exact) mass is 394 g/mol. The number of alkyl halides is 3. The number of amides is 1. The first-order valence-corrected chi connectivity index (χ1v) is 9.15. The summed E-state index contributed by atoms with van der Waals surface area (Å²) in [5.41, 5.74) is 0.999. The van der Waals surface area contributed by atoms with Crippen molar-refractivity contribution in [1.29, 1.82) is 0 Å². The van der Waals surface area contributed by atoms with E-state index < -0.39 is 29.1 Å². The molecule has 1 fully saturated rings. The summed E-state index contributed by atoms with van der Waals surface area (Å²) in [5.74, 6) is -0.0345. The fraction of sp³-hybridized carbons (Fsp3) is 0.476. The normalized spacial score (nSPS) is 18.9. The highest BCUT2D eigenvalue weighted by molar-refractivity contribution is 5.92. The Morgan fingerprint density at radius 3 is 2.21 bits per heavy atom. The third-order valence-electron chi connectivity index (χ3n) is 4.66. The van der Waals surface area contributed by atoms with Gasteiger partial charge in [-0.15, -0.1) is 0 Å². The number of carbonyl (C=O) groups is 1. The third kappa shape index (κ3) is 3.94. The fourth-order valence-corrected chi connectivity index (χ4v) is 3.47. The van der Waals surface area contributed by atoms with Gasteiger partial charge < -0.3 is 4.74 Å². The van der Waals surface area contributed by atoms with Crippen LogP contribution >= 0.6 is 0 Å². The molecule has 2 aromatic rings. The second-order valence-corrected chi connectivity index (χ2v) is 8.81. The van der Waals surface area contributed by atoms with Crippen molar-refractivity contribution in [1.82, 2.24) is 10.4 Å². The number of halogens is 3. The SMILES string of the molecule is CC(C)(C)Oc1cccc2cccc(C(N3CC(C)(C)C(=O)N3)C(F)(F)F)c12. The molecule has 28 heavy (non-hydrogen) atoms. The largest absolute Gasteiger partial charge is 0.487 e. The first-order valence-electron chi connectivity index (χ1n) is 9.15. The summed E-state index contributed by atoms with van der Waals surface area (Å²) >= 11 is 0. The number of hydrogen-bond donors (Lipinski definition) is 1. The molecule has 0 aliphatic carbocycles. The number of fused-ring (bicyclic) bond motifs is 1. The van der Waals surface area contributed by atoms with Crippen LogP contribution in [0, 0.1) is 5.41 Å². The van der Waals surface area contributed by atoms with Crippen LogP contribution in [0.3, 0.4) is 0 Å². The maximum Gasteiger partial charge on any atom is 0.409 e. The molecule has 1 atom stereocenters. The van der Waals surface area contributed by atoms with Gasteiger partial charge in [0.1, 0.15) is 11.4 Å². The molecule has 152 valence electrons. The predicted molar refractivity (Wildman–Crippen MR) is 102 cm³/mol. The second-order valence-electron chi connectivity index (χ2n) is 8.81. The van der Waals surface area contributed by atoms with Gasteiger partial charge in [0.25, 0.3) is 0 Å². The lowest BCUT2D eigenvalue weighted by Gasteiger charge is -2.31. The Labute approximate surface area is 162 Å². The fourth-order valence-electron chi connectivity index (χ4n) is 3.47. The first kappa shape index (κ1) is 20.5. The minimum absolute atomic E-state index is 0.0469. The predicted octanol–water partition coefficient (Wildman–Crippen LogP) is 4.99. The van der Waals surface area contributed by atoms with E-state index in [2.05, 4.69) is 5.43 Å². The number of nitrogens with one attached hydrogen (secondary N) is 1. The molecule has 0 radical (unpaired) electrons. The van der Waals surface area contributed by atoms with Gasteiger partial charge in [0.05, 0.1) is 5.41 Å². The lowest BCUT2D eigenvalue weighted by molar-refractivity contribution is -0.191. The summed E-state index contributed by atoms with van der Waals surface area (Å²) in [6, 6.07) is 8.02. The summed E-state index contributed by atoms with van der Waals surface area (Å²) in [6.45, 7) is 8.76. The molecule has 0 aromatic heterocycles. The minimum Gasteiger partial charge on any atom is -0.487 e. The Morgan fingerprint density at radius 2 is 1.71 bits per heavy atom. The molecule has 3 rings (SSSR count). The van der Waals surface area contributed by atoms with Gasteiger partial charge in [0.15, 0.2) is 6.04 Å². The number of benzene rings is 2. The van der Waals surface area contributed by atoms with Crippen LogP contribution in [0.4, 0.5) is 13.2 Å². The quantitative estimate of drug-likeness (QED) is 0.797. The molecule has 1 aliphatic rings. The molecular formula is C21H25F3N2O2. The zero-order chi connectivity index (χ0) is 20.9. The molecule has 2 aromatic carbocycles. The number of carbonyl (C=O) groups excluding carboxylic acids is 1. The average Bonchev–Trinajstić information content (AvgIpc) is 2.77. The van der Waals surface area contributed by atoms with Gasteiger partial charge in [0.2, 0.25) is 5.91 Å². The molecule has 7 heteroatoms. The maximum absolute atomic E-state index is 14.2. The van der Waals surface area contributed by atoms with Gasteiger partial charge in [-0.25, -0.2) is 5.01 Å². The first-order chi connectivity index (χ1) is 12.8. The number of hydrazine groups is 1. The van der Waals surface area contributed by atoms with Crippen LogP contribution in [-0.2, 0) is 4.79 Å². The van der Waals surface area contributed by atoms with Crippen molar-refractivity contribution in [2.45, 2.75) is 52.4 Å². The number of nitrogens with zero attached hydrogens (tertiary/aromatic N) is 1. The van der Waals surface area contributed by atoms with Crippen LogP contribution in [0.15, 0.2) is 36.4 Å². The molecule has 1 saturated heterocycles. The molecular weight excluding hydrogens is 369 g/mol. The smallest absolute Gasteiger partial charge is 0.409 e. The highest BCUT2D eigenvalue weighted by atomic mass is 19.4. The Morgan fingerprint density at radius 1 is 1.11 bits per heavy atom. The summed E-state index contributed by atoms with van der Waals surface area (Å²) < 4.78 is 48.6. The van der Waals surface area contributed by atoms with E-state index in [0.29, 0.717) is 16.5 Å². The zero-order valence-corrected chi connectivity index (χ0v) is 16.6. The third-order valence-corrected chi connectivity index (χ3v) is 4.66. The summed E-state index contributed by atoms with van der Waals surface area (Å²) in [7, 11) is 0. The highest BCUT2D eigenvalue weighted by Crippen LogP contribution is 2.45. The summed E-state index contributed by atoms with van der Waals surface area (Å²) in [5, 5.41) is 2.05. The van der Waals surface area contributed by atoms with Crippen LogP contribution in [-0.4, -0.2) is 29.2 Å². The van der Waals surface area contributed by atoms with Crippen LogP contribution < -0.4 is 10.2 Å². The Bertz CT molecular complexity index is 895. The minimum atomic E-state index is -4.59. The van der Waals surface area contributed by atoms with Gasteiger partial charge in [-0.3, -0.25) is 10.2 Å². The van der Waals surface area contributed by atoms with E-state index in [1.165, 1.54) is 6.07 Å². The molecule has 0 spiro atoms. The molecule has 1 amide bonds. The Kier molecular flexibility index (Phi) is 4.86. The summed E-state index contributed by atoms with van der Waals surface area (Å²) in [6.07, 6.45) is -4.59. The molecule has 1 aliphatic heterocycles. The van der Waals surface area contributed by atoms with Crippen molar-refractivity contribution >= 4 is 16.7 Å². The number of hydrogen-bond acceptors (Lipinski definition) is 3. The van der Waals surface area contributed by atoms with E-state index in [4.69, 9.17) is 4.74 Å². The van der Waals surface area contributed by atoms with Gasteiger partial charge in [-0.2, -0.15) is 13.2 Å². The number of ether oxygens (including phenoxy) is 1. The molecule has 1 unspecified atom stereocenters. The molecule has 0 bridgehead atoms. The summed E-state index contributed by atoms with van der Waals surface area (Å²) in [4.78, 5) is 12.1. The zero-order valence-electron chi connectivity index (χ0n) is 16.6. The highest BCUT2D eigenvalue weighted by Gasteiger charge is 2.51. The lowest BCUT2D eigenvalue weighted by Crippen LogP contribution is -2.43. The lowest BCUT2D eigenvalue weighted by atomic mass is 9.92. The Hall–Kier alpha value is -2.28. The van der Waals surface area contributed by atoms with Gasteiger partial charge in [-0.05, 0) is 51.6 Å². The van der Waals surface area contributed by atoms with Crippen LogP contribution in [0.5, 0.6) is 5.75 Å². The number of rotatable bonds is 3. The van der Waals surface area contributed by atoms with Gasteiger partial charge >= 0.3 is 6.18 Å². The van der Waals surface area contributed by atoms with Crippen molar-refractivity contribution < 1.29 is 22.7 Å².